The molecule has 0 aliphatic heterocycles. The van der Waals surface area contributed by atoms with Gasteiger partial charge in [-0.25, -0.2) is 13.1 Å². The van der Waals surface area contributed by atoms with Gasteiger partial charge in [0.05, 0.1) is 11.0 Å². The lowest BCUT2D eigenvalue weighted by atomic mass is 9.99. The van der Waals surface area contributed by atoms with Gasteiger partial charge in [0, 0.05) is 6.04 Å². The molecular formula is C19H25NO3S. The van der Waals surface area contributed by atoms with E-state index in [2.05, 4.69) is 4.72 Å². The predicted molar refractivity (Wildman–Crippen MR) is 96.2 cm³/mol. The lowest BCUT2D eigenvalue weighted by Gasteiger charge is -2.22. The van der Waals surface area contributed by atoms with E-state index in [4.69, 9.17) is 0 Å². The van der Waals surface area contributed by atoms with Gasteiger partial charge in [-0.2, -0.15) is 0 Å². The van der Waals surface area contributed by atoms with Crippen molar-refractivity contribution in [1.82, 2.24) is 4.72 Å². The van der Waals surface area contributed by atoms with Gasteiger partial charge in [-0.15, -0.1) is 0 Å². The number of benzene rings is 2. The van der Waals surface area contributed by atoms with Gasteiger partial charge >= 0.3 is 0 Å². The highest BCUT2D eigenvalue weighted by Crippen LogP contribution is 2.23. The summed E-state index contributed by atoms with van der Waals surface area (Å²) in [5.41, 5.74) is 1.86. The molecule has 0 saturated carbocycles. The third kappa shape index (κ3) is 5.16. The summed E-state index contributed by atoms with van der Waals surface area (Å²) in [5, 5.41) is 10.1. The number of hydrogen-bond acceptors (Lipinski definition) is 3. The molecule has 0 aliphatic carbocycles. The minimum Gasteiger partial charge on any atom is -0.393 e. The van der Waals surface area contributed by atoms with Crippen molar-refractivity contribution in [3.63, 3.8) is 0 Å². The van der Waals surface area contributed by atoms with Crippen LogP contribution in [0.5, 0.6) is 0 Å². The first-order valence-corrected chi connectivity index (χ1v) is 9.72. The monoisotopic (exact) mass is 347 g/mol. The van der Waals surface area contributed by atoms with Crippen LogP contribution in [0.25, 0.3) is 0 Å². The highest BCUT2D eigenvalue weighted by atomic mass is 32.2. The largest absolute Gasteiger partial charge is 0.393 e. The molecule has 2 aromatic carbocycles. The highest BCUT2D eigenvalue weighted by molar-refractivity contribution is 7.89. The number of nitrogens with one attached hydrogen (secondary N) is 1. The van der Waals surface area contributed by atoms with Crippen LogP contribution in [0.1, 0.15) is 43.4 Å². The van der Waals surface area contributed by atoms with Gasteiger partial charge in [-0.3, -0.25) is 0 Å². The molecule has 130 valence electrons. The zero-order chi connectivity index (χ0) is 17.6. The Balaban J connectivity index is 2.25. The molecule has 0 bridgehead atoms. The predicted octanol–water partition coefficient (Wildman–Crippen LogP) is 3.57. The van der Waals surface area contributed by atoms with Crippen molar-refractivity contribution >= 4 is 10.0 Å². The van der Waals surface area contributed by atoms with Gasteiger partial charge in [0.25, 0.3) is 0 Å². The molecule has 0 aliphatic rings. The molecule has 5 heteroatoms. The first kappa shape index (κ1) is 18.6. The lowest BCUT2D eigenvalue weighted by molar-refractivity contribution is 0.142. The summed E-state index contributed by atoms with van der Waals surface area (Å²) in [7, 11) is -3.65. The average molecular weight is 347 g/mol. The Morgan fingerprint density at radius 1 is 1.04 bits per heavy atom. The minimum absolute atomic E-state index is 0.235. The number of aliphatic hydroxyl groups is 1. The maximum Gasteiger partial charge on any atom is 0.241 e. The molecule has 0 amide bonds. The van der Waals surface area contributed by atoms with Crippen molar-refractivity contribution < 1.29 is 13.5 Å². The Bertz CT molecular complexity index is 727. The summed E-state index contributed by atoms with van der Waals surface area (Å²) in [4.78, 5) is 0.235. The van der Waals surface area contributed by atoms with E-state index in [1.807, 2.05) is 44.2 Å². The van der Waals surface area contributed by atoms with Gasteiger partial charge < -0.3 is 5.11 Å². The summed E-state index contributed by atoms with van der Waals surface area (Å²) in [6.45, 7) is 3.91. The maximum absolute atomic E-state index is 12.7. The summed E-state index contributed by atoms with van der Waals surface area (Å²) in [5.74, 6) is 0. The SMILES string of the molecule is CCC[C@@H](O)C[C@H](NS(=O)(=O)c1ccc(C)cc1)c1ccccc1. The van der Waals surface area contributed by atoms with E-state index in [1.54, 1.807) is 24.3 Å². The van der Waals surface area contributed by atoms with Crippen LogP contribution >= 0.6 is 0 Å². The topological polar surface area (TPSA) is 66.4 Å². The van der Waals surface area contributed by atoms with Gasteiger partial charge in [-0.1, -0.05) is 61.4 Å². The van der Waals surface area contributed by atoms with E-state index in [-0.39, 0.29) is 4.90 Å². The summed E-state index contributed by atoms with van der Waals surface area (Å²) < 4.78 is 28.1. The molecule has 2 aromatic rings. The Morgan fingerprint density at radius 2 is 1.67 bits per heavy atom. The number of rotatable bonds is 8. The van der Waals surface area contributed by atoms with Crippen molar-refractivity contribution in [3.05, 3.63) is 65.7 Å². The smallest absolute Gasteiger partial charge is 0.241 e. The third-order valence-corrected chi connectivity index (χ3v) is 5.45. The Hall–Kier alpha value is -1.69. The van der Waals surface area contributed by atoms with Crippen LogP contribution in [0.3, 0.4) is 0 Å². The molecule has 24 heavy (non-hydrogen) atoms. The molecule has 2 rings (SSSR count). The summed E-state index contributed by atoms with van der Waals surface area (Å²) in [6.07, 6.45) is 1.31. The Kier molecular flexibility index (Phi) is 6.54. The normalized spacial score (nSPS) is 14.3. The minimum atomic E-state index is -3.65. The van der Waals surface area contributed by atoms with Gasteiger partial charge in [-0.05, 0) is 37.5 Å². The van der Waals surface area contributed by atoms with Crippen molar-refractivity contribution in [2.24, 2.45) is 0 Å². The molecule has 0 spiro atoms. The van der Waals surface area contributed by atoms with Crippen LogP contribution in [-0.4, -0.2) is 19.6 Å². The van der Waals surface area contributed by atoms with Crippen LogP contribution in [0, 0.1) is 6.92 Å². The molecular weight excluding hydrogens is 322 g/mol. The lowest BCUT2D eigenvalue weighted by Crippen LogP contribution is -2.31. The molecule has 2 N–H and O–H groups in total. The van der Waals surface area contributed by atoms with Crippen molar-refractivity contribution in [2.75, 3.05) is 0 Å². The van der Waals surface area contributed by atoms with Crippen LogP contribution in [0.15, 0.2) is 59.5 Å². The first-order valence-electron chi connectivity index (χ1n) is 8.24. The molecule has 0 radical (unpaired) electrons. The fourth-order valence-electron chi connectivity index (χ4n) is 2.63. The fraction of sp³-hybridized carbons (Fsp3) is 0.368. The molecule has 0 saturated heterocycles. The van der Waals surface area contributed by atoms with Crippen LogP contribution in [-0.2, 0) is 10.0 Å². The average Bonchev–Trinajstić information content (AvgIpc) is 2.55. The van der Waals surface area contributed by atoms with E-state index in [1.165, 1.54) is 0 Å². The van der Waals surface area contributed by atoms with E-state index in [9.17, 15) is 13.5 Å². The Labute approximate surface area is 144 Å². The molecule has 0 heterocycles. The number of aryl methyl sites for hydroxylation is 1. The number of sulfonamides is 1. The van der Waals surface area contributed by atoms with E-state index >= 15 is 0 Å². The van der Waals surface area contributed by atoms with Crippen molar-refractivity contribution in [1.29, 1.82) is 0 Å². The second kappa shape index (κ2) is 8.42. The van der Waals surface area contributed by atoms with Crippen molar-refractivity contribution in [3.8, 4) is 0 Å². The number of aliphatic hydroxyl groups excluding tert-OH is 1. The highest BCUT2D eigenvalue weighted by Gasteiger charge is 2.23. The standard InChI is InChI=1S/C19H25NO3S/c1-3-7-17(21)14-19(16-8-5-4-6-9-16)20-24(22,23)18-12-10-15(2)11-13-18/h4-6,8-13,17,19-21H,3,7,14H2,1-2H3/t17-,19+/m1/s1. The van der Waals surface area contributed by atoms with Crippen molar-refractivity contribution in [2.45, 2.75) is 50.2 Å². The van der Waals surface area contributed by atoms with E-state index in [0.717, 1.165) is 17.5 Å². The second-order valence-electron chi connectivity index (χ2n) is 6.08. The molecule has 0 aromatic heterocycles. The van der Waals surface area contributed by atoms with Crippen LogP contribution in [0.2, 0.25) is 0 Å². The van der Waals surface area contributed by atoms with Gasteiger partial charge in [0.15, 0.2) is 0 Å². The van der Waals surface area contributed by atoms with Crippen LogP contribution < -0.4 is 4.72 Å². The number of hydrogen-bond donors (Lipinski definition) is 2. The quantitative estimate of drug-likeness (QED) is 0.767. The first-order chi connectivity index (χ1) is 11.4. The molecule has 0 fully saturated rings. The molecule has 0 unspecified atom stereocenters. The summed E-state index contributed by atoms with van der Waals surface area (Å²) >= 11 is 0. The third-order valence-electron chi connectivity index (χ3n) is 3.96. The van der Waals surface area contributed by atoms with E-state index in [0.29, 0.717) is 12.8 Å². The van der Waals surface area contributed by atoms with E-state index < -0.39 is 22.2 Å². The second-order valence-corrected chi connectivity index (χ2v) is 7.79. The molecule has 4 nitrogen and oxygen atoms in total. The summed E-state index contributed by atoms with van der Waals surface area (Å²) in [6, 6.07) is 15.7. The fourth-order valence-corrected chi connectivity index (χ4v) is 3.87. The Morgan fingerprint density at radius 3 is 2.25 bits per heavy atom. The maximum atomic E-state index is 12.7. The van der Waals surface area contributed by atoms with Crippen LogP contribution in [0.4, 0.5) is 0 Å². The molecule has 2 atom stereocenters. The van der Waals surface area contributed by atoms with Gasteiger partial charge in [0.1, 0.15) is 0 Å². The zero-order valence-corrected chi connectivity index (χ0v) is 15.0. The zero-order valence-electron chi connectivity index (χ0n) is 14.1. The van der Waals surface area contributed by atoms with Gasteiger partial charge in [0.2, 0.25) is 10.0 Å².